The van der Waals surface area contributed by atoms with Gasteiger partial charge in [0.15, 0.2) is 0 Å². The van der Waals surface area contributed by atoms with Crippen molar-refractivity contribution in [3.05, 3.63) is 82.4 Å². The fraction of sp³-hybridized carbons (Fsp3) is 0.111. The van der Waals surface area contributed by atoms with Crippen LogP contribution in [0.25, 0.3) is 0 Å². The fourth-order valence-corrected chi connectivity index (χ4v) is 2.86. The molecule has 0 atom stereocenters. The molecule has 0 saturated carbocycles. The Hall–Kier alpha value is -2.30. The van der Waals surface area contributed by atoms with Gasteiger partial charge in [-0.3, -0.25) is 4.79 Å². The molecule has 0 aliphatic heterocycles. The molecule has 122 valence electrons. The highest BCUT2D eigenvalue weighted by atomic mass is 35.5. The molecule has 1 heterocycles. The van der Waals surface area contributed by atoms with Gasteiger partial charge >= 0.3 is 0 Å². The van der Waals surface area contributed by atoms with E-state index in [0.717, 1.165) is 16.8 Å². The Labute approximate surface area is 150 Å². The van der Waals surface area contributed by atoms with E-state index in [-0.39, 0.29) is 12.3 Å². The molecule has 0 aliphatic carbocycles. The summed E-state index contributed by atoms with van der Waals surface area (Å²) >= 11 is 12.0. The summed E-state index contributed by atoms with van der Waals surface area (Å²) in [7, 11) is 0. The second kappa shape index (κ2) is 7.51. The van der Waals surface area contributed by atoms with Crippen molar-refractivity contribution in [3.8, 4) is 0 Å². The Morgan fingerprint density at radius 2 is 2.04 bits per heavy atom. The lowest BCUT2D eigenvalue weighted by atomic mass is 10.1. The van der Waals surface area contributed by atoms with Crippen molar-refractivity contribution >= 4 is 34.8 Å². The maximum absolute atomic E-state index is 12.2. The lowest BCUT2D eigenvalue weighted by molar-refractivity contribution is -0.115. The summed E-state index contributed by atoms with van der Waals surface area (Å²) in [5.74, 6) is -0.126. The molecule has 1 amide bonds. The lowest BCUT2D eigenvalue weighted by Gasteiger charge is -2.09. The van der Waals surface area contributed by atoms with Crippen LogP contribution in [0.2, 0.25) is 10.0 Å². The van der Waals surface area contributed by atoms with Crippen molar-refractivity contribution in [1.82, 2.24) is 9.55 Å². The largest absolute Gasteiger partial charge is 0.333 e. The standard InChI is InChI=1S/C18H15Cl2N3O/c19-15-5-4-14(17(20)10-15)9-18(24)22-16-3-1-2-13(8-16)11-23-7-6-21-12-23/h1-8,10,12H,9,11H2,(H,22,24). The van der Waals surface area contributed by atoms with Gasteiger partial charge < -0.3 is 9.88 Å². The van der Waals surface area contributed by atoms with E-state index in [1.807, 2.05) is 35.0 Å². The SMILES string of the molecule is O=C(Cc1ccc(Cl)cc1Cl)Nc1cccc(Cn2ccnc2)c1. The average Bonchev–Trinajstić information content (AvgIpc) is 3.03. The molecule has 3 aromatic rings. The number of benzene rings is 2. The molecule has 0 aliphatic rings. The van der Waals surface area contributed by atoms with Gasteiger partial charge in [-0.2, -0.15) is 0 Å². The van der Waals surface area contributed by atoms with E-state index in [2.05, 4.69) is 10.3 Å². The number of carbonyl (C=O) groups excluding carboxylic acids is 1. The monoisotopic (exact) mass is 359 g/mol. The number of amides is 1. The zero-order valence-corrected chi connectivity index (χ0v) is 14.3. The number of aromatic nitrogens is 2. The van der Waals surface area contributed by atoms with E-state index in [1.165, 1.54) is 0 Å². The minimum atomic E-state index is -0.126. The van der Waals surface area contributed by atoms with Crippen molar-refractivity contribution in [1.29, 1.82) is 0 Å². The van der Waals surface area contributed by atoms with Gasteiger partial charge in [0.1, 0.15) is 0 Å². The van der Waals surface area contributed by atoms with Gasteiger partial charge in [-0.1, -0.05) is 41.4 Å². The van der Waals surface area contributed by atoms with E-state index in [9.17, 15) is 4.79 Å². The zero-order chi connectivity index (χ0) is 16.9. The highest BCUT2D eigenvalue weighted by Gasteiger charge is 2.08. The van der Waals surface area contributed by atoms with E-state index < -0.39 is 0 Å². The molecular weight excluding hydrogens is 345 g/mol. The van der Waals surface area contributed by atoms with Crippen LogP contribution in [0.5, 0.6) is 0 Å². The molecule has 4 nitrogen and oxygen atoms in total. The Bertz CT molecular complexity index is 847. The summed E-state index contributed by atoms with van der Waals surface area (Å²) in [6.07, 6.45) is 5.59. The third kappa shape index (κ3) is 4.37. The Balaban J connectivity index is 1.65. The third-order valence-corrected chi connectivity index (χ3v) is 4.09. The maximum Gasteiger partial charge on any atom is 0.228 e. The van der Waals surface area contributed by atoms with Gasteiger partial charge in [-0.15, -0.1) is 0 Å². The first kappa shape index (κ1) is 16.6. The summed E-state index contributed by atoms with van der Waals surface area (Å²) in [6, 6.07) is 12.8. The van der Waals surface area contributed by atoms with E-state index in [1.54, 1.807) is 30.7 Å². The first-order valence-corrected chi connectivity index (χ1v) is 8.14. The van der Waals surface area contributed by atoms with Crippen LogP contribution in [0.3, 0.4) is 0 Å². The Morgan fingerprint density at radius 3 is 2.79 bits per heavy atom. The van der Waals surface area contributed by atoms with Crippen LogP contribution < -0.4 is 5.32 Å². The number of carbonyl (C=O) groups is 1. The molecule has 24 heavy (non-hydrogen) atoms. The molecular formula is C18H15Cl2N3O. The van der Waals surface area contributed by atoms with Gasteiger partial charge in [0.25, 0.3) is 0 Å². The molecule has 1 N–H and O–H groups in total. The number of nitrogens with zero attached hydrogens (tertiary/aromatic N) is 2. The van der Waals surface area contributed by atoms with Crippen molar-refractivity contribution in [3.63, 3.8) is 0 Å². The predicted molar refractivity (Wildman–Crippen MR) is 96.6 cm³/mol. The topological polar surface area (TPSA) is 46.9 Å². The highest BCUT2D eigenvalue weighted by Crippen LogP contribution is 2.22. The molecule has 0 bridgehead atoms. The number of nitrogens with one attached hydrogen (secondary N) is 1. The average molecular weight is 360 g/mol. The van der Waals surface area contributed by atoms with Crippen LogP contribution in [-0.2, 0) is 17.8 Å². The van der Waals surface area contributed by atoms with Gasteiger partial charge in [-0.25, -0.2) is 4.98 Å². The summed E-state index contributed by atoms with van der Waals surface area (Å²) in [4.78, 5) is 16.3. The summed E-state index contributed by atoms with van der Waals surface area (Å²) in [5.41, 5.74) is 2.58. The quantitative estimate of drug-likeness (QED) is 0.732. The van der Waals surface area contributed by atoms with Crippen LogP contribution in [-0.4, -0.2) is 15.5 Å². The van der Waals surface area contributed by atoms with Crippen molar-refractivity contribution < 1.29 is 4.79 Å². The Kier molecular flexibility index (Phi) is 5.18. The van der Waals surface area contributed by atoms with Crippen LogP contribution in [0.1, 0.15) is 11.1 Å². The lowest BCUT2D eigenvalue weighted by Crippen LogP contribution is -2.14. The molecule has 2 aromatic carbocycles. The number of rotatable bonds is 5. The minimum absolute atomic E-state index is 0.126. The second-order valence-electron chi connectivity index (χ2n) is 5.40. The first-order chi connectivity index (χ1) is 11.6. The van der Waals surface area contributed by atoms with E-state index in [0.29, 0.717) is 16.6 Å². The van der Waals surface area contributed by atoms with Gasteiger partial charge in [0, 0.05) is 34.7 Å². The van der Waals surface area contributed by atoms with Crippen LogP contribution >= 0.6 is 23.2 Å². The number of hydrogen-bond acceptors (Lipinski definition) is 2. The minimum Gasteiger partial charge on any atom is -0.333 e. The molecule has 1 aromatic heterocycles. The van der Waals surface area contributed by atoms with Crippen LogP contribution in [0, 0.1) is 0 Å². The molecule has 0 saturated heterocycles. The maximum atomic E-state index is 12.2. The molecule has 3 rings (SSSR count). The van der Waals surface area contributed by atoms with Gasteiger partial charge in [0.2, 0.25) is 5.91 Å². The fourth-order valence-electron chi connectivity index (χ4n) is 2.38. The number of hydrogen-bond donors (Lipinski definition) is 1. The Morgan fingerprint density at radius 1 is 1.17 bits per heavy atom. The normalized spacial score (nSPS) is 10.6. The van der Waals surface area contributed by atoms with E-state index >= 15 is 0 Å². The second-order valence-corrected chi connectivity index (χ2v) is 6.24. The summed E-state index contributed by atoms with van der Waals surface area (Å²) < 4.78 is 1.97. The highest BCUT2D eigenvalue weighted by molar-refractivity contribution is 6.35. The number of anilines is 1. The summed E-state index contributed by atoms with van der Waals surface area (Å²) in [5, 5.41) is 3.94. The van der Waals surface area contributed by atoms with Gasteiger partial charge in [0.05, 0.1) is 12.7 Å². The van der Waals surface area contributed by atoms with Crippen molar-refractivity contribution in [2.45, 2.75) is 13.0 Å². The van der Waals surface area contributed by atoms with Crippen molar-refractivity contribution in [2.75, 3.05) is 5.32 Å². The number of imidazole rings is 1. The zero-order valence-electron chi connectivity index (χ0n) is 12.7. The number of halogens is 2. The molecule has 0 fully saturated rings. The van der Waals surface area contributed by atoms with Crippen LogP contribution in [0.15, 0.2) is 61.2 Å². The molecule has 0 spiro atoms. The van der Waals surface area contributed by atoms with E-state index in [4.69, 9.17) is 23.2 Å². The molecule has 0 radical (unpaired) electrons. The molecule has 0 unspecified atom stereocenters. The third-order valence-electron chi connectivity index (χ3n) is 3.50. The van der Waals surface area contributed by atoms with Gasteiger partial charge in [-0.05, 0) is 35.4 Å². The predicted octanol–water partition coefficient (Wildman–Crippen LogP) is 4.42. The smallest absolute Gasteiger partial charge is 0.228 e. The molecule has 6 heteroatoms. The van der Waals surface area contributed by atoms with Crippen molar-refractivity contribution in [2.24, 2.45) is 0 Å². The van der Waals surface area contributed by atoms with Crippen LogP contribution in [0.4, 0.5) is 5.69 Å². The summed E-state index contributed by atoms with van der Waals surface area (Å²) in [6.45, 7) is 0.701. The first-order valence-electron chi connectivity index (χ1n) is 7.38.